The summed E-state index contributed by atoms with van der Waals surface area (Å²) in [5.41, 5.74) is 7.62. The molecule has 80 valence electrons. The number of hydrogen-bond acceptors (Lipinski definition) is 2. The first-order valence-corrected chi connectivity index (χ1v) is 6.20. The van der Waals surface area contributed by atoms with E-state index in [4.69, 9.17) is 18.0 Å². The molecule has 2 nitrogen and oxygen atoms in total. The third-order valence-electron chi connectivity index (χ3n) is 2.53. The Labute approximate surface area is 103 Å². The van der Waals surface area contributed by atoms with E-state index in [0.29, 0.717) is 4.99 Å². The molecule has 1 aliphatic rings. The molecule has 1 fully saturated rings. The molecule has 1 aromatic carbocycles. The Balaban J connectivity index is 2.16. The van der Waals surface area contributed by atoms with Crippen molar-refractivity contribution in [1.82, 2.24) is 0 Å². The Kier molecular flexibility index (Phi) is 3.26. The quantitative estimate of drug-likeness (QED) is 0.835. The Hall–Kier alpha value is -0.610. The van der Waals surface area contributed by atoms with Gasteiger partial charge in [0.25, 0.3) is 0 Å². The van der Waals surface area contributed by atoms with Crippen molar-refractivity contribution in [1.29, 1.82) is 0 Å². The average molecular weight is 285 g/mol. The van der Waals surface area contributed by atoms with E-state index in [1.807, 2.05) is 18.2 Å². The van der Waals surface area contributed by atoms with Crippen LogP contribution in [-0.4, -0.2) is 11.5 Å². The topological polar surface area (TPSA) is 38.0 Å². The Morgan fingerprint density at radius 2 is 2.27 bits per heavy atom. The average Bonchev–Trinajstić information content (AvgIpc) is 2.97. The molecule has 1 aliphatic carbocycles. The highest BCUT2D eigenvalue weighted by Gasteiger charge is 2.21. The number of rotatable bonds is 4. The molecular formula is C11H13BrN2S. The van der Waals surface area contributed by atoms with Crippen LogP contribution in [0.5, 0.6) is 0 Å². The van der Waals surface area contributed by atoms with E-state index in [-0.39, 0.29) is 0 Å². The lowest BCUT2D eigenvalue weighted by Gasteiger charge is -2.11. The van der Waals surface area contributed by atoms with Crippen molar-refractivity contribution in [2.45, 2.75) is 12.8 Å². The second-order valence-corrected chi connectivity index (χ2v) is 5.23. The Bertz CT molecular complexity index is 388. The summed E-state index contributed by atoms with van der Waals surface area (Å²) < 4.78 is 1.04. The second-order valence-electron chi connectivity index (χ2n) is 3.88. The SMILES string of the molecule is NC(=S)c1ccc(Br)cc1NCC1CC1. The summed E-state index contributed by atoms with van der Waals surface area (Å²) in [6.45, 7) is 1.02. The van der Waals surface area contributed by atoms with Gasteiger partial charge in [-0.1, -0.05) is 28.1 Å². The highest BCUT2D eigenvalue weighted by Crippen LogP contribution is 2.30. The molecule has 0 saturated heterocycles. The van der Waals surface area contributed by atoms with Gasteiger partial charge in [0.15, 0.2) is 0 Å². The minimum absolute atomic E-state index is 0.445. The summed E-state index contributed by atoms with van der Waals surface area (Å²) in [5, 5.41) is 3.40. The number of halogens is 1. The van der Waals surface area contributed by atoms with Gasteiger partial charge in [-0.15, -0.1) is 0 Å². The number of thiocarbonyl (C=S) groups is 1. The molecule has 3 N–H and O–H groups in total. The first kappa shape index (κ1) is 10.9. The van der Waals surface area contributed by atoms with Crippen molar-refractivity contribution in [3.05, 3.63) is 28.2 Å². The van der Waals surface area contributed by atoms with Crippen LogP contribution in [-0.2, 0) is 0 Å². The molecule has 0 spiro atoms. The number of benzene rings is 1. The van der Waals surface area contributed by atoms with Crippen molar-refractivity contribution < 1.29 is 0 Å². The third-order valence-corrected chi connectivity index (χ3v) is 3.24. The molecule has 15 heavy (non-hydrogen) atoms. The van der Waals surface area contributed by atoms with Crippen LogP contribution in [0.25, 0.3) is 0 Å². The molecule has 0 bridgehead atoms. The van der Waals surface area contributed by atoms with Gasteiger partial charge >= 0.3 is 0 Å². The normalized spacial score (nSPS) is 15.0. The minimum Gasteiger partial charge on any atom is -0.389 e. The predicted molar refractivity (Wildman–Crippen MR) is 71.2 cm³/mol. The zero-order chi connectivity index (χ0) is 10.8. The highest BCUT2D eigenvalue weighted by atomic mass is 79.9. The summed E-state index contributed by atoms with van der Waals surface area (Å²) >= 11 is 8.45. The summed E-state index contributed by atoms with van der Waals surface area (Å²) in [5.74, 6) is 0.836. The van der Waals surface area contributed by atoms with Gasteiger partial charge in [0, 0.05) is 22.3 Å². The van der Waals surface area contributed by atoms with Crippen molar-refractivity contribution in [2.75, 3.05) is 11.9 Å². The van der Waals surface area contributed by atoms with Crippen molar-refractivity contribution in [3.63, 3.8) is 0 Å². The van der Waals surface area contributed by atoms with Gasteiger partial charge < -0.3 is 11.1 Å². The first-order chi connectivity index (χ1) is 7.16. The van der Waals surface area contributed by atoms with Crippen LogP contribution in [0.1, 0.15) is 18.4 Å². The van der Waals surface area contributed by atoms with Gasteiger partial charge in [-0.05, 0) is 37.0 Å². The molecule has 0 atom stereocenters. The van der Waals surface area contributed by atoms with E-state index in [1.165, 1.54) is 12.8 Å². The summed E-state index contributed by atoms with van der Waals surface area (Å²) in [6, 6.07) is 5.93. The number of anilines is 1. The summed E-state index contributed by atoms with van der Waals surface area (Å²) in [6.07, 6.45) is 2.67. The minimum atomic E-state index is 0.445. The van der Waals surface area contributed by atoms with E-state index < -0.39 is 0 Å². The fourth-order valence-electron chi connectivity index (χ4n) is 1.45. The number of nitrogens with one attached hydrogen (secondary N) is 1. The van der Waals surface area contributed by atoms with E-state index in [1.54, 1.807) is 0 Å². The molecule has 1 aromatic rings. The number of nitrogens with two attached hydrogens (primary N) is 1. The van der Waals surface area contributed by atoms with Crippen LogP contribution < -0.4 is 11.1 Å². The standard InChI is InChI=1S/C11H13BrN2S/c12-8-3-4-9(11(13)15)10(5-8)14-6-7-1-2-7/h3-5,7,14H,1-2,6H2,(H2,13,15). The molecule has 0 amide bonds. The Morgan fingerprint density at radius 1 is 1.53 bits per heavy atom. The molecular weight excluding hydrogens is 272 g/mol. The van der Waals surface area contributed by atoms with Gasteiger partial charge in [-0.3, -0.25) is 0 Å². The first-order valence-electron chi connectivity index (χ1n) is 5.00. The van der Waals surface area contributed by atoms with Crippen molar-refractivity contribution >= 4 is 38.8 Å². The zero-order valence-electron chi connectivity index (χ0n) is 8.29. The fourth-order valence-corrected chi connectivity index (χ4v) is 1.99. The molecule has 0 aliphatic heterocycles. The van der Waals surface area contributed by atoms with Gasteiger partial charge in [0.05, 0.1) is 0 Å². The summed E-state index contributed by atoms with van der Waals surface area (Å²) in [4.78, 5) is 0.445. The zero-order valence-corrected chi connectivity index (χ0v) is 10.7. The van der Waals surface area contributed by atoms with E-state index in [0.717, 1.165) is 28.2 Å². The number of hydrogen-bond donors (Lipinski definition) is 2. The van der Waals surface area contributed by atoms with Crippen LogP contribution in [0.3, 0.4) is 0 Å². The predicted octanol–water partition coefficient (Wildman–Crippen LogP) is 2.91. The smallest absolute Gasteiger partial charge is 0.106 e. The third kappa shape index (κ3) is 2.92. The van der Waals surface area contributed by atoms with Gasteiger partial charge in [0.2, 0.25) is 0 Å². The molecule has 0 unspecified atom stereocenters. The van der Waals surface area contributed by atoms with E-state index >= 15 is 0 Å². The molecule has 0 radical (unpaired) electrons. The molecule has 1 saturated carbocycles. The van der Waals surface area contributed by atoms with Gasteiger partial charge in [-0.2, -0.15) is 0 Å². The maximum atomic E-state index is 5.66. The lowest BCUT2D eigenvalue weighted by molar-refractivity contribution is 0.889. The lowest BCUT2D eigenvalue weighted by Crippen LogP contribution is -2.14. The highest BCUT2D eigenvalue weighted by molar-refractivity contribution is 9.10. The van der Waals surface area contributed by atoms with Crippen LogP contribution in [0.4, 0.5) is 5.69 Å². The summed E-state index contributed by atoms with van der Waals surface area (Å²) in [7, 11) is 0. The Morgan fingerprint density at radius 3 is 2.87 bits per heavy atom. The molecule has 4 heteroatoms. The van der Waals surface area contributed by atoms with Gasteiger partial charge in [0.1, 0.15) is 4.99 Å². The van der Waals surface area contributed by atoms with Crippen molar-refractivity contribution in [2.24, 2.45) is 11.7 Å². The van der Waals surface area contributed by atoms with Crippen LogP contribution in [0, 0.1) is 5.92 Å². The van der Waals surface area contributed by atoms with Crippen molar-refractivity contribution in [3.8, 4) is 0 Å². The van der Waals surface area contributed by atoms with Crippen LogP contribution in [0.15, 0.2) is 22.7 Å². The van der Waals surface area contributed by atoms with Crippen LogP contribution in [0.2, 0.25) is 0 Å². The van der Waals surface area contributed by atoms with E-state index in [9.17, 15) is 0 Å². The lowest BCUT2D eigenvalue weighted by atomic mass is 10.1. The monoisotopic (exact) mass is 284 g/mol. The molecule has 0 aromatic heterocycles. The maximum Gasteiger partial charge on any atom is 0.106 e. The second kappa shape index (κ2) is 4.49. The van der Waals surface area contributed by atoms with Gasteiger partial charge in [-0.25, -0.2) is 0 Å². The molecule has 0 heterocycles. The molecule has 2 rings (SSSR count). The fraction of sp³-hybridized carbons (Fsp3) is 0.364. The van der Waals surface area contributed by atoms with E-state index in [2.05, 4.69) is 21.2 Å². The maximum absolute atomic E-state index is 5.66. The largest absolute Gasteiger partial charge is 0.389 e. The van der Waals surface area contributed by atoms with Crippen LogP contribution >= 0.6 is 28.1 Å².